The maximum absolute atomic E-state index is 6.34. The summed E-state index contributed by atoms with van der Waals surface area (Å²) in [5.74, 6) is 1.15. The van der Waals surface area contributed by atoms with Crippen molar-refractivity contribution in [1.29, 1.82) is 0 Å². The summed E-state index contributed by atoms with van der Waals surface area (Å²) in [5, 5.41) is 4.25. The van der Waals surface area contributed by atoms with Gasteiger partial charge in [-0.05, 0) is 31.5 Å². The molecule has 2 rings (SSSR count). The van der Waals surface area contributed by atoms with Crippen LogP contribution in [0.2, 0.25) is 5.02 Å². The Morgan fingerprint density at radius 2 is 2.15 bits per heavy atom. The smallest absolute Gasteiger partial charge is 0.109 e. The largest absolute Gasteiger partial charge is 0.327 e. The molecule has 2 aromatic rings. The van der Waals surface area contributed by atoms with E-state index in [0.717, 1.165) is 54.2 Å². The predicted molar refractivity (Wildman–Crippen MR) is 86.5 cm³/mol. The van der Waals surface area contributed by atoms with Gasteiger partial charge in [0.2, 0.25) is 0 Å². The number of nitrogens with one attached hydrogen (secondary N) is 1. The fraction of sp³-hybridized carbons (Fsp3) is 0.562. The quantitative estimate of drug-likeness (QED) is 0.781. The summed E-state index contributed by atoms with van der Waals surface area (Å²) < 4.78 is 2.28. The molecule has 0 saturated carbocycles. The van der Waals surface area contributed by atoms with E-state index in [1.807, 2.05) is 18.2 Å². The molecular formula is C16H24ClN3. The molecule has 1 aromatic heterocycles. The summed E-state index contributed by atoms with van der Waals surface area (Å²) in [6, 6.07) is 6.50. The third-order valence-corrected chi connectivity index (χ3v) is 3.68. The van der Waals surface area contributed by atoms with Gasteiger partial charge in [0.05, 0.1) is 16.1 Å². The molecule has 0 atom stereocenters. The summed E-state index contributed by atoms with van der Waals surface area (Å²) in [7, 11) is 0. The highest BCUT2D eigenvalue weighted by molar-refractivity contribution is 6.35. The lowest BCUT2D eigenvalue weighted by Crippen LogP contribution is -2.24. The number of imidazole rings is 1. The molecule has 0 bridgehead atoms. The molecule has 20 heavy (non-hydrogen) atoms. The second-order valence-electron chi connectivity index (χ2n) is 5.50. The lowest BCUT2D eigenvalue weighted by atomic mass is 10.2. The summed E-state index contributed by atoms with van der Waals surface area (Å²) in [5.41, 5.74) is 2.10. The number of aryl methyl sites for hydroxylation is 2. The fourth-order valence-corrected chi connectivity index (χ4v) is 2.75. The van der Waals surface area contributed by atoms with Gasteiger partial charge in [0, 0.05) is 19.0 Å². The van der Waals surface area contributed by atoms with Gasteiger partial charge in [0.1, 0.15) is 5.82 Å². The van der Waals surface area contributed by atoms with Gasteiger partial charge in [-0.2, -0.15) is 0 Å². The van der Waals surface area contributed by atoms with Crippen LogP contribution in [-0.4, -0.2) is 22.1 Å². The predicted octanol–water partition coefficient (Wildman–Crippen LogP) is 4.03. The van der Waals surface area contributed by atoms with Crippen molar-refractivity contribution in [3.8, 4) is 0 Å². The van der Waals surface area contributed by atoms with Crippen LogP contribution in [0.3, 0.4) is 0 Å². The Labute approximate surface area is 126 Å². The molecule has 1 N–H and O–H groups in total. The summed E-state index contributed by atoms with van der Waals surface area (Å²) in [6.45, 7) is 8.54. The highest BCUT2D eigenvalue weighted by atomic mass is 35.5. The Morgan fingerprint density at radius 3 is 2.85 bits per heavy atom. The monoisotopic (exact) mass is 293 g/mol. The van der Waals surface area contributed by atoms with Gasteiger partial charge in [-0.15, -0.1) is 0 Å². The molecule has 0 aliphatic heterocycles. The van der Waals surface area contributed by atoms with Crippen LogP contribution in [0.1, 0.15) is 39.4 Å². The maximum atomic E-state index is 6.34. The van der Waals surface area contributed by atoms with Crippen LogP contribution < -0.4 is 5.32 Å². The van der Waals surface area contributed by atoms with Crippen molar-refractivity contribution in [3.05, 3.63) is 29.0 Å². The van der Waals surface area contributed by atoms with Gasteiger partial charge in [0.25, 0.3) is 0 Å². The van der Waals surface area contributed by atoms with E-state index in [1.54, 1.807) is 0 Å². The van der Waals surface area contributed by atoms with Crippen molar-refractivity contribution in [1.82, 2.24) is 14.9 Å². The zero-order valence-corrected chi connectivity index (χ0v) is 13.4. The van der Waals surface area contributed by atoms with Crippen LogP contribution in [0.15, 0.2) is 18.2 Å². The average Bonchev–Trinajstić information content (AvgIpc) is 2.75. The average molecular weight is 294 g/mol. The number of fused-ring (bicyclic) bond motifs is 1. The number of aromatic nitrogens is 2. The molecule has 0 saturated heterocycles. The first-order chi connectivity index (χ1) is 9.63. The topological polar surface area (TPSA) is 29.9 Å². The Hall–Kier alpha value is -1.06. The van der Waals surface area contributed by atoms with E-state index in [-0.39, 0.29) is 0 Å². The summed E-state index contributed by atoms with van der Waals surface area (Å²) >= 11 is 6.34. The minimum atomic E-state index is 0.541. The molecule has 0 fully saturated rings. The molecule has 0 radical (unpaired) electrons. The van der Waals surface area contributed by atoms with Crippen molar-refractivity contribution >= 4 is 22.6 Å². The Balaban J connectivity index is 2.19. The molecule has 0 aliphatic rings. The zero-order valence-electron chi connectivity index (χ0n) is 12.6. The van der Waals surface area contributed by atoms with Crippen LogP contribution in [0.4, 0.5) is 0 Å². The van der Waals surface area contributed by atoms with Crippen molar-refractivity contribution in [2.45, 2.75) is 52.6 Å². The van der Waals surface area contributed by atoms with E-state index in [9.17, 15) is 0 Å². The van der Waals surface area contributed by atoms with Gasteiger partial charge >= 0.3 is 0 Å². The number of rotatable bonds is 7. The minimum Gasteiger partial charge on any atom is -0.327 e. The number of hydrogen-bond donors (Lipinski definition) is 1. The second-order valence-corrected chi connectivity index (χ2v) is 5.91. The van der Waals surface area contributed by atoms with Crippen LogP contribution in [-0.2, 0) is 13.0 Å². The lowest BCUT2D eigenvalue weighted by Gasteiger charge is -2.10. The molecule has 0 aliphatic carbocycles. The van der Waals surface area contributed by atoms with Gasteiger partial charge in [-0.3, -0.25) is 0 Å². The first-order valence-electron chi connectivity index (χ1n) is 7.50. The molecule has 0 spiro atoms. The van der Waals surface area contributed by atoms with Crippen LogP contribution in [0.5, 0.6) is 0 Å². The molecule has 1 heterocycles. The van der Waals surface area contributed by atoms with E-state index in [0.29, 0.717) is 6.04 Å². The van der Waals surface area contributed by atoms with E-state index in [2.05, 4.69) is 30.7 Å². The third-order valence-electron chi connectivity index (χ3n) is 3.37. The Bertz CT molecular complexity index is 560. The standard InChI is InChI=1S/C16H24ClN3/c1-4-11-20-15(9-6-10-18-12(2)3)19-14-8-5-7-13(17)16(14)20/h5,7-8,12,18H,4,6,9-11H2,1-3H3. The van der Waals surface area contributed by atoms with Crippen molar-refractivity contribution in [3.63, 3.8) is 0 Å². The highest BCUT2D eigenvalue weighted by Gasteiger charge is 2.12. The van der Waals surface area contributed by atoms with E-state index >= 15 is 0 Å². The number of halogens is 1. The minimum absolute atomic E-state index is 0.541. The van der Waals surface area contributed by atoms with E-state index < -0.39 is 0 Å². The number of hydrogen-bond acceptors (Lipinski definition) is 2. The van der Waals surface area contributed by atoms with Gasteiger partial charge in [0.15, 0.2) is 0 Å². The van der Waals surface area contributed by atoms with Crippen molar-refractivity contribution < 1.29 is 0 Å². The lowest BCUT2D eigenvalue weighted by molar-refractivity contribution is 0.556. The highest BCUT2D eigenvalue weighted by Crippen LogP contribution is 2.25. The number of para-hydroxylation sites is 1. The maximum Gasteiger partial charge on any atom is 0.109 e. The summed E-state index contributed by atoms with van der Waals surface area (Å²) in [6.07, 6.45) is 3.18. The van der Waals surface area contributed by atoms with E-state index in [1.165, 1.54) is 0 Å². The summed E-state index contributed by atoms with van der Waals surface area (Å²) in [4.78, 5) is 4.76. The molecule has 0 amide bonds. The second kappa shape index (κ2) is 7.09. The van der Waals surface area contributed by atoms with Gasteiger partial charge in [-0.1, -0.05) is 38.4 Å². The van der Waals surface area contributed by atoms with E-state index in [4.69, 9.17) is 16.6 Å². The Kier molecular flexibility index (Phi) is 5.44. The zero-order chi connectivity index (χ0) is 14.5. The first kappa shape index (κ1) is 15.3. The van der Waals surface area contributed by atoms with Gasteiger partial charge < -0.3 is 9.88 Å². The molecule has 1 aromatic carbocycles. The van der Waals surface area contributed by atoms with Crippen molar-refractivity contribution in [2.75, 3.05) is 6.54 Å². The van der Waals surface area contributed by atoms with Crippen molar-refractivity contribution in [2.24, 2.45) is 0 Å². The fourth-order valence-electron chi connectivity index (χ4n) is 2.48. The Morgan fingerprint density at radius 1 is 1.35 bits per heavy atom. The third kappa shape index (κ3) is 3.53. The van der Waals surface area contributed by atoms with Crippen LogP contribution in [0, 0.1) is 0 Å². The normalized spacial score (nSPS) is 11.7. The van der Waals surface area contributed by atoms with Gasteiger partial charge in [-0.25, -0.2) is 4.98 Å². The number of benzene rings is 1. The molecule has 4 heteroatoms. The van der Waals surface area contributed by atoms with Crippen LogP contribution in [0.25, 0.3) is 11.0 Å². The SMILES string of the molecule is CCCn1c(CCCNC(C)C)nc2cccc(Cl)c21. The first-order valence-corrected chi connectivity index (χ1v) is 7.88. The number of nitrogens with zero attached hydrogens (tertiary/aromatic N) is 2. The molecule has 3 nitrogen and oxygen atoms in total. The van der Waals surface area contributed by atoms with Crippen LogP contribution >= 0.6 is 11.6 Å². The molecule has 0 unspecified atom stereocenters. The molecular weight excluding hydrogens is 270 g/mol. The molecule has 110 valence electrons.